The molecule has 2 unspecified atom stereocenters. The van der Waals surface area contributed by atoms with Gasteiger partial charge in [0.1, 0.15) is 17.8 Å². The Hall–Kier alpha value is -2.88. The molecule has 194 valence electrons. The first-order valence-corrected chi connectivity index (χ1v) is 13.7. The quantitative estimate of drug-likeness (QED) is 0.117. The molecule has 2 atom stereocenters. The number of amides is 1. The topological polar surface area (TPSA) is 46.6 Å². The summed E-state index contributed by atoms with van der Waals surface area (Å²) in [5.41, 5.74) is 3.68. The van der Waals surface area contributed by atoms with Crippen molar-refractivity contribution in [3.8, 4) is 0 Å². The van der Waals surface area contributed by atoms with Crippen LogP contribution in [0.4, 0.5) is 0 Å². The van der Waals surface area contributed by atoms with Gasteiger partial charge in [0.05, 0.1) is 6.04 Å². The number of likely N-dealkylation sites (tertiary alicyclic amines) is 1. The molecule has 3 rings (SSSR count). The van der Waals surface area contributed by atoms with E-state index in [4.69, 9.17) is 4.74 Å². The van der Waals surface area contributed by atoms with Crippen molar-refractivity contribution in [3.05, 3.63) is 77.1 Å². The molecule has 0 N–H and O–H groups in total. The second kappa shape index (κ2) is 14.6. The number of aldehydes is 1. The van der Waals surface area contributed by atoms with Crippen molar-refractivity contribution in [2.24, 2.45) is 5.92 Å². The molecule has 0 spiro atoms. The molecule has 1 saturated heterocycles. The highest BCUT2D eigenvalue weighted by atomic mass is 16.5. The van der Waals surface area contributed by atoms with Crippen LogP contribution in [0.1, 0.15) is 89.7 Å². The van der Waals surface area contributed by atoms with Gasteiger partial charge in [0, 0.05) is 24.9 Å². The molecule has 1 aromatic carbocycles. The second-order valence-corrected chi connectivity index (χ2v) is 10.2. The lowest BCUT2D eigenvalue weighted by molar-refractivity contribution is -0.128. The van der Waals surface area contributed by atoms with Gasteiger partial charge in [-0.2, -0.15) is 0 Å². The smallest absolute Gasteiger partial charge is 0.223 e. The Morgan fingerprint density at radius 2 is 2.00 bits per heavy atom. The minimum absolute atomic E-state index is 0.226. The summed E-state index contributed by atoms with van der Waals surface area (Å²) in [6.45, 7) is 7.23. The lowest BCUT2D eigenvalue weighted by Crippen LogP contribution is -2.32. The Balaban J connectivity index is 1.50. The fraction of sp³-hybridized carbons (Fsp3) is 0.500. The number of unbranched alkanes of at least 4 members (excludes halogenated alkanes) is 4. The van der Waals surface area contributed by atoms with E-state index < -0.39 is 0 Å². The van der Waals surface area contributed by atoms with Gasteiger partial charge in [-0.05, 0) is 87.6 Å². The number of hydrogen-bond acceptors (Lipinski definition) is 3. The lowest BCUT2D eigenvalue weighted by atomic mass is 9.96. The maximum absolute atomic E-state index is 12.3. The summed E-state index contributed by atoms with van der Waals surface area (Å²) in [5, 5.41) is 0. The van der Waals surface area contributed by atoms with E-state index in [0.29, 0.717) is 18.8 Å². The molecule has 0 saturated carbocycles. The van der Waals surface area contributed by atoms with Crippen LogP contribution in [0.5, 0.6) is 0 Å². The summed E-state index contributed by atoms with van der Waals surface area (Å²) in [5.74, 6) is 2.70. The maximum atomic E-state index is 12.3. The monoisotopic (exact) mass is 489 g/mol. The van der Waals surface area contributed by atoms with Crippen molar-refractivity contribution in [2.45, 2.75) is 91.0 Å². The zero-order valence-electron chi connectivity index (χ0n) is 22.4. The molecule has 0 radical (unpaired) electrons. The van der Waals surface area contributed by atoms with E-state index in [9.17, 15) is 9.59 Å². The van der Waals surface area contributed by atoms with Gasteiger partial charge < -0.3 is 14.4 Å². The van der Waals surface area contributed by atoms with E-state index >= 15 is 0 Å². The fourth-order valence-corrected chi connectivity index (χ4v) is 5.06. The highest BCUT2D eigenvalue weighted by Crippen LogP contribution is 2.29. The molecule has 1 fully saturated rings. The van der Waals surface area contributed by atoms with Gasteiger partial charge in [-0.25, -0.2) is 0 Å². The minimum Gasteiger partial charge on any atom is -0.457 e. The van der Waals surface area contributed by atoms with Gasteiger partial charge in [0.15, 0.2) is 0 Å². The Morgan fingerprint density at radius 3 is 2.78 bits per heavy atom. The molecule has 1 aliphatic heterocycles. The number of hydrogen-bond donors (Lipinski definition) is 0. The molecule has 1 heterocycles. The summed E-state index contributed by atoms with van der Waals surface area (Å²) in [6.07, 6.45) is 21.1. The number of nitrogens with zero attached hydrogens (tertiary/aromatic N) is 1. The van der Waals surface area contributed by atoms with Gasteiger partial charge in [-0.3, -0.25) is 4.79 Å². The van der Waals surface area contributed by atoms with Crippen LogP contribution in [0, 0.1) is 5.92 Å². The number of carbonyl (C=O) groups is 2. The normalized spacial score (nSPS) is 20.6. The molecule has 1 aliphatic carbocycles. The van der Waals surface area contributed by atoms with E-state index in [-0.39, 0.29) is 11.9 Å². The summed E-state index contributed by atoms with van der Waals surface area (Å²) in [6, 6.07) is 8.84. The van der Waals surface area contributed by atoms with E-state index in [1.165, 1.54) is 11.1 Å². The van der Waals surface area contributed by atoms with Gasteiger partial charge in [-0.1, -0.05) is 56.2 Å². The number of rotatable bonds is 14. The standard InChI is InChI=1S/C32H43NO3/c1-4-30(36-31-19-17-25(2)23-26(31)3)28-15-12-14-27(24-28)13-8-9-16-29-18-20-32(35)33(29)21-10-6-5-7-11-22-34/h4,9,12,14-17,19,22,24-25,29H,5-8,10-11,13,18,20-21,23H2,1-3H3/b16-9+,30-4-. The molecular formula is C32H43NO3. The largest absolute Gasteiger partial charge is 0.457 e. The van der Waals surface area contributed by atoms with E-state index in [2.05, 4.69) is 62.4 Å². The fourth-order valence-electron chi connectivity index (χ4n) is 5.06. The zero-order valence-corrected chi connectivity index (χ0v) is 22.4. The van der Waals surface area contributed by atoms with E-state index in [1.54, 1.807) is 0 Å². The van der Waals surface area contributed by atoms with Crippen molar-refractivity contribution < 1.29 is 14.3 Å². The van der Waals surface area contributed by atoms with Gasteiger partial charge >= 0.3 is 0 Å². The first-order valence-electron chi connectivity index (χ1n) is 13.7. The van der Waals surface area contributed by atoms with Crippen LogP contribution in [-0.2, 0) is 20.7 Å². The summed E-state index contributed by atoms with van der Waals surface area (Å²) < 4.78 is 6.30. The Kier molecular flexibility index (Phi) is 11.3. The van der Waals surface area contributed by atoms with E-state index in [0.717, 1.165) is 81.3 Å². The van der Waals surface area contributed by atoms with Crippen molar-refractivity contribution in [1.82, 2.24) is 4.90 Å². The average Bonchev–Trinajstić information content (AvgIpc) is 3.22. The molecule has 4 heteroatoms. The van der Waals surface area contributed by atoms with Crippen LogP contribution in [-0.4, -0.2) is 29.7 Å². The van der Waals surface area contributed by atoms with Crippen molar-refractivity contribution in [3.63, 3.8) is 0 Å². The first-order chi connectivity index (χ1) is 17.5. The van der Waals surface area contributed by atoms with Crippen LogP contribution in [0.2, 0.25) is 0 Å². The number of benzene rings is 1. The second-order valence-electron chi connectivity index (χ2n) is 10.2. The number of ether oxygens (including phenoxy) is 1. The molecule has 2 aliphatic rings. The summed E-state index contributed by atoms with van der Waals surface area (Å²) in [7, 11) is 0. The van der Waals surface area contributed by atoms with Crippen molar-refractivity contribution in [1.29, 1.82) is 0 Å². The Bertz CT molecular complexity index is 1000. The Morgan fingerprint density at radius 1 is 1.17 bits per heavy atom. The zero-order chi connectivity index (χ0) is 25.8. The summed E-state index contributed by atoms with van der Waals surface area (Å²) >= 11 is 0. The molecule has 0 aromatic heterocycles. The predicted molar refractivity (Wildman–Crippen MR) is 148 cm³/mol. The number of carbonyl (C=O) groups excluding carboxylic acids is 2. The highest BCUT2D eigenvalue weighted by Gasteiger charge is 2.28. The third kappa shape index (κ3) is 8.36. The minimum atomic E-state index is 0.226. The van der Waals surface area contributed by atoms with Gasteiger partial charge in [0.2, 0.25) is 5.91 Å². The molecule has 0 bridgehead atoms. The van der Waals surface area contributed by atoms with Gasteiger partial charge in [-0.15, -0.1) is 0 Å². The third-order valence-corrected chi connectivity index (χ3v) is 7.12. The predicted octanol–water partition coefficient (Wildman–Crippen LogP) is 7.56. The van der Waals surface area contributed by atoms with Crippen molar-refractivity contribution in [2.75, 3.05) is 6.54 Å². The summed E-state index contributed by atoms with van der Waals surface area (Å²) in [4.78, 5) is 24.8. The maximum Gasteiger partial charge on any atom is 0.223 e. The number of allylic oxidation sites excluding steroid dienone is 5. The third-order valence-electron chi connectivity index (χ3n) is 7.12. The average molecular weight is 490 g/mol. The SMILES string of the molecule is C/C=C(\OC1=C(C)CC(C)C=C1)c1cccc(CC/C=C/C2CCC(=O)N2CCCCCCC=O)c1. The lowest BCUT2D eigenvalue weighted by Gasteiger charge is -2.22. The molecule has 1 amide bonds. The Labute approximate surface area is 217 Å². The van der Waals surface area contributed by atoms with Crippen LogP contribution in [0.15, 0.2) is 66.0 Å². The molecule has 1 aromatic rings. The van der Waals surface area contributed by atoms with Crippen LogP contribution >= 0.6 is 0 Å². The highest BCUT2D eigenvalue weighted by molar-refractivity contribution is 5.79. The first kappa shape index (κ1) is 27.7. The van der Waals surface area contributed by atoms with E-state index in [1.807, 2.05) is 17.9 Å². The molecular weight excluding hydrogens is 446 g/mol. The molecule has 36 heavy (non-hydrogen) atoms. The molecule has 4 nitrogen and oxygen atoms in total. The van der Waals surface area contributed by atoms with Gasteiger partial charge in [0.25, 0.3) is 0 Å². The van der Waals surface area contributed by atoms with Crippen molar-refractivity contribution >= 4 is 18.0 Å². The van der Waals surface area contributed by atoms with Crippen LogP contribution in [0.25, 0.3) is 5.76 Å². The number of aryl methyl sites for hydroxylation is 1. The van der Waals surface area contributed by atoms with Crippen LogP contribution in [0.3, 0.4) is 0 Å². The van der Waals surface area contributed by atoms with Crippen LogP contribution < -0.4 is 0 Å².